The zero-order valence-electron chi connectivity index (χ0n) is 12.7. The third-order valence-corrected chi connectivity index (χ3v) is 6.00. The van der Waals surface area contributed by atoms with Crippen molar-refractivity contribution in [2.24, 2.45) is 17.8 Å². The first-order chi connectivity index (χ1) is 10.2. The zero-order valence-corrected chi connectivity index (χ0v) is 13.5. The molecular formula is C18H25ClFN. The second-order valence-corrected chi connectivity index (χ2v) is 7.22. The molecule has 0 aliphatic heterocycles. The monoisotopic (exact) mass is 309 g/mol. The Balaban J connectivity index is 1.78. The van der Waals surface area contributed by atoms with E-state index in [-0.39, 0.29) is 11.9 Å². The summed E-state index contributed by atoms with van der Waals surface area (Å²) in [7, 11) is 1.97. The van der Waals surface area contributed by atoms with Crippen molar-refractivity contribution in [2.75, 3.05) is 7.05 Å². The summed E-state index contributed by atoms with van der Waals surface area (Å²) in [5, 5.41) is 4.08. The van der Waals surface area contributed by atoms with Crippen LogP contribution in [0.3, 0.4) is 0 Å². The van der Waals surface area contributed by atoms with Gasteiger partial charge in [0.25, 0.3) is 0 Å². The van der Waals surface area contributed by atoms with E-state index in [1.54, 1.807) is 12.1 Å². The first kappa shape index (κ1) is 15.3. The van der Waals surface area contributed by atoms with Crippen molar-refractivity contribution >= 4 is 11.6 Å². The maximum atomic E-state index is 13.6. The molecule has 3 rings (SSSR count). The Hall–Kier alpha value is -0.600. The van der Waals surface area contributed by atoms with E-state index >= 15 is 0 Å². The largest absolute Gasteiger partial charge is 0.313 e. The van der Waals surface area contributed by atoms with Crippen molar-refractivity contribution in [2.45, 2.75) is 51.0 Å². The molecule has 3 heteroatoms. The molecule has 1 aromatic rings. The van der Waals surface area contributed by atoms with Gasteiger partial charge >= 0.3 is 0 Å². The Morgan fingerprint density at radius 3 is 2.67 bits per heavy atom. The van der Waals surface area contributed by atoms with Crippen LogP contribution in [-0.2, 0) is 0 Å². The standard InChI is InChI=1S/C18H25ClFN/c1-21-18(16-11-15(20)8-9-17(16)19)14-7-6-12-4-2-3-5-13(12)10-14/h8-9,11-14,18,21H,2-7,10H2,1H3. The van der Waals surface area contributed by atoms with Gasteiger partial charge in [-0.15, -0.1) is 0 Å². The topological polar surface area (TPSA) is 12.0 Å². The van der Waals surface area contributed by atoms with Gasteiger partial charge in [-0.05, 0) is 67.8 Å². The summed E-state index contributed by atoms with van der Waals surface area (Å²) in [6.07, 6.45) is 9.44. The first-order valence-corrected chi connectivity index (χ1v) is 8.69. The molecule has 4 unspecified atom stereocenters. The first-order valence-electron chi connectivity index (χ1n) is 8.31. The molecule has 2 saturated carbocycles. The smallest absolute Gasteiger partial charge is 0.123 e. The average molecular weight is 310 g/mol. The quantitative estimate of drug-likeness (QED) is 0.794. The highest BCUT2D eigenvalue weighted by Crippen LogP contribution is 2.46. The van der Waals surface area contributed by atoms with Crippen molar-refractivity contribution in [3.63, 3.8) is 0 Å². The molecule has 0 bridgehead atoms. The molecule has 1 aromatic carbocycles. The van der Waals surface area contributed by atoms with Crippen LogP contribution >= 0.6 is 11.6 Å². The Labute approximate surface area is 132 Å². The van der Waals surface area contributed by atoms with Gasteiger partial charge in [-0.1, -0.05) is 37.3 Å². The Bertz CT molecular complexity index is 490. The van der Waals surface area contributed by atoms with E-state index in [0.29, 0.717) is 10.9 Å². The molecule has 2 aliphatic rings. The van der Waals surface area contributed by atoms with Gasteiger partial charge in [0, 0.05) is 11.1 Å². The fraction of sp³-hybridized carbons (Fsp3) is 0.667. The van der Waals surface area contributed by atoms with Crippen molar-refractivity contribution in [3.05, 3.63) is 34.6 Å². The van der Waals surface area contributed by atoms with Gasteiger partial charge in [0.05, 0.1) is 0 Å². The number of fused-ring (bicyclic) bond motifs is 1. The SMILES string of the molecule is CNC(c1cc(F)ccc1Cl)C1CCC2CCCCC2C1. The van der Waals surface area contributed by atoms with Crippen LogP contribution in [0, 0.1) is 23.6 Å². The minimum Gasteiger partial charge on any atom is -0.313 e. The minimum absolute atomic E-state index is 0.177. The van der Waals surface area contributed by atoms with Crippen molar-refractivity contribution in [1.29, 1.82) is 0 Å². The number of hydrogen-bond acceptors (Lipinski definition) is 1. The number of halogens is 2. The van der Waals surface area contributed by atoms with Crippen molar-refractivity contribution < 1.29 is 4.39 Å². The number of rotatable bonds is 3. The van der Waals surface area contributed by atoms with Crippen LogP contribution in [0.2, 0.25) is 5.02 Å². The average Bonchev–Trinajstić information content (AvgIpc) is 2.51. The third-order valence-electron chi connectivity index (χ3n) is 5.66. The highest BCUT2D eigenvalue weighted by Gasteiger charge is 2.36. The molecule has 0 spiro atoms. The molecule has 2 aliphatic carbocycles. The van der Waals surface area contributed by atoms with Gasteiger partial charge in [-0.3, -0.25) is 0 Å². The summed E-state index contributed by atoms with van der Waals surface area (Å²) in [6, 6.07) is 4.91. The Morgan fingerprint density at radius 2 is 1.90 bits per heavy atom. The predicted octanol–water partition coefficient (Wildman–Crippen LogP) is 5.35. The maximum Gasteiger partial charge on any atom is 0.123 e. The van der Waals surface area contributed by atoms with Gasteiger partial charge in [-0.2, -0.15) is 0 Å². The molecule has 0 radical (unpaired) electrons. The van der Waals surface area contributed by atoms with Crippen LogP contribution in [0.15, 0.2) is 18.2 Å². The molecular weight excluding hydrogens is 285 g/mol. The van der Waals surface area contributed by atoms with Gasteiger partial charge in [-0.25, -0.2) is 4.39 Å². The van der Waals surface area contributed by atoms with E-state index in [1.165, 1.54) is 51.0 Å². The summed E-state index contributed by atoms with van der Waals surface area (Å²) in [5.41, 5.74) is 0.929. The maximum absolute atomic E-state index is 13.6. The highest BCUT2D eigenvalue weighted by atomic mass is 35.5. The predicted molar refractivity (Wildman–Crippen MR) is 86.0 cm³/mol. The van der Waals surface area contributed by atoms with Gasteiger partial charge in [0.1, 0.15) is 5.82 Å². The van der Waals surface area contributed by atoms with Crippen LogP contribution in [0.4, 0.5) is 4.39 Å². The third kappa shape index (κ3) is 3.27. The summed E-state index contributed by atoms with van der Waals surface area (Å²) < 4.78 is 13.6. The molecule has 2 fully saturated rings. The van der Waals surface area contributed by atoms with Crippen molar-refractivity contribution in [1.82, 2.24) is 5.32 Å². The molecule has 116 valence electrons. The van der Waals surface area contributed by atoms with Gasteiger partial charge in [0.15, 0.2) is 0 Å². The lowest BCUT2D eigenvalue weighted by Crippen LogP contribution is -2.34. The minimum atomic E-state index is -0.194. The van der Waals surface area contributed by atoms with Crippen LogP contribution in [0.1, 0.15) is 56.6 Å². The highest BCUT2D eigenvalue weighted by molar-refractivity contribution is 6.31. The lowest BCUT2D eigenvalue weighted by Gasteiger charge is -2.42. The van der Waals surface area contributed by atoms with Crippen LogP contribution in [-0.4, -0.2) is 7.05 Å². The second-order valence-electron chi connectivity index (χ2n) is 6.81. The van der Waals surface area contributed by atoms with E-state index in [2.05, 4.69) is 5.32 Å². The lowest BCUT2D eigenvalue weighted by molar-refractivity contribution is 0.111. The number of hydrogen-bond donors (Lipinski definition) is 1. The molecule has 0 heterocycles. The van der Waals surface area contributed by atoms with Gasteiger partial charge < -0.3 is 5.32 Å². The van der Waals surface area contributed by atoms with E-state index in [9.17, 15) is 4.39 Å². The van der Waals surface area contributed by atoms with E-state index < -0.39 is 0 Å². The molecule has 0 aromatic heterocycles. The van der Waals surface area contributed by atoms with Crippen LogP contribution < -0.4 is 5.32 Å². The van der Waals surface area contributed by atoms with E-state index in [1.807, 2.05) is 7.05 Å². The number of benzene rings is 1. The molecule has 1 N–H and O–H groups in total. The summed E-state index contributed by atoms with van der Waals surface area (Å²) >= 11 is 6.32. The Kier molecular flexibility index (Phi) is 4.85. The molecule has 21 heavy (non-hydrogen) atoms. The molecule has 4 atom stereocenters. The lowest BCUT2D eigenvalue weighted by atomic mass is 9.65. The summed E-state index contributed by atoms with van der Waals surface area (Å²) in [4.78, 5) is 0. The molecule has 0 amide bonds. The van der Waals surface area contributed by atoms with Crippen LogP contribution in [0.25, 0.3) is 0 Å². The molecule has 0 saturated heterocycles. The van der Waals surface area contributed by atoms with Gasteiger partial charge in [0.2, 0.25) is 0 Å². The normalized spacial score (nSPS) is 30.7. The Morgan fingerprint density at radius 1 is 1.14 bits per heavy atom. The van der Waals surface area contributed by atoms with E-state index in [4.69, 9.17) is 11.6 Å². The van der Waals surface area contributed by atoms with Crippen molar-refractivity contribution in [3.8, 4) is 0 Å². The fourth-order valence-electron chi connectivity index (χ4n) is 4.61. The summed E-state index contributed by atoms with van der Waals surface area (Å²) in [6.45, 7) is 0. The summed E-state index contributed by atoms with van der Waals surface area (Å²) in [5.74, 6) is 2.20. The number of nitrogens with one attached hydrogen (secondary N) is 1. The van der Waals surface area contributed by atoms with Crippen LogP contribution in [0.5, 0.6) is 0 Å². The second kappa shape index (κ2) is 6.66. The fourth-order valence-corrected chi connectivity index (χ4v) is 4.85. The zero-order chi connectivity index (χ0) is 14.8. The van der Waals surface area contributed by atoms with E-state index in [0.717, 1.165) is 17.4 Å². The molecule has 1 nitrogen and oxygen atoms in total.